The summed E-state index contributed by atoms with van der Waals surface area (Å²) in [5.41, 5.74) is 2.07. The fourth-order valence-corrected chi connectivity index (χ4v) is 1.89. The molecule has 0 atom stereocenters. The molecule has 1 aromatic carbocycles. The summed E-state index contributed by atoms with van der Waals surface area (Å²) in [5, 5.41) is 0. The van der Waals surface area contributed by atoms with Crippen LogP contribution in [-0.4, -0.2) is 15.3 Å². The molecule has 1 aromatic heterocycles. The first-order valence-electron chi connectivity index (χ1n) is 5.74. The van der Waals surface area contributed by atoms with Crippen molar-refractivity contribution in [2.24, 2.45) is 7.05 Å². The second kappa shape index (κ2) is 4.95. The van der Waals surface area contributed by atoms with Gasteiger partial charge in [-0.2, -0.15) is 0 Å². The van der Waals surface area contributed by atoms with Crippen LogP contribution >= 0.6 is 0 Å². The number of rotatable bonds is 4. The Labute approximate surface area is 101 Å². The van der Waals surface area contributed by atoms with Crippen molar-refractivity contribution in [2.45, 2.75) is 19.8 Å². The molecule has 0 aliphatic rings. The SMILES string of the molecule is Cc1cn(C)c(C(=O)CCc2ccccc2)n1. The fourth-order valence-electron chi connectivity index (χ4n) is 1.89. The molecule has 88 valence electrons. The Kier molecular flexibility index (Phi) is 3.38. The highest BCUT2D eigenvalue weighted by Crippen LogP contribution is 2.08. The quantitative estimate of drug-likeness (QED) is 0.754. The molecular weight excluding hydrogens is 212 g/mol. The fraction of sp³-hybridized carbons (Fsp3) is 0.286. The second-order valence-electron chi connectivity index (χ2n) is 4.23. The van der Waals surface area contributed by atoms with Gasteiger partial charge in [0.15, 0.2) is 11.6 Å². The molecule has 0 aliphatic carbocycles. The molecular formula is C14H16N2O. The van der Waals surface area contributed by atoms with E-state index >= 15 is 0 Å². The summed E-state index contributed by atoms with van der Waals surface area (Å²) in [6.45, 7) is 1.90. The van der Waals surface area contributed by atoms with Crippen molar-refractivity contribution in [3.63, 3.8) is 0 Å². The van der Waals surface area contributed by atoms with E-state index in [1.165, 1.54) is 5.56 Å². The summed E-state index contributed by atoms with van der Waals surface area (Å²) in [6, 6.07) is 10.0. The normalized spacial score (nSPS) is 10.5. The maximum atomic E-state index is 12.0. The zero-order valence-corrected chi connectivity index (χ0v) is 10.2. The highest BCUT2D eigenvalue weighted by atomic mass is 16.1. The van der Waals surface area contributed by atoms with Crippen LogP contribution < -0.4 is 0 Å². The number of ketones is 1. The number of hydrogen-bond acceptors (Lipinski definition) is 2. The second-order valence-corrected chi connectivity index (χ2v) is 4.23. The summed E-state index contributed by atoms with van der Waals surface area (Å²) in [6.07, 6.45) is 3.15. The van der Waals surface area contributed by atoms with E-state index in [9.17, 15) is 4.79 Å². The van der Waals surface area contributed by atoms with E-state index in [0.717, 1.165) is 12.1 Å². The van der Waals surface area contributed by atoms with Crippen LogP contribution in [0, 0.1) is 6.92 Å². The van der Waals surface area contributed by atoms with Crippen LogP contribution in [0.1, 0.15) is 28.3 Å². The first-order chi connectivity index (χ1) is 8.16. The molecule has 2 rings (SSSR count). The lowest BCUT2D eigenvalue weighted by molar-refractivity contribution is 0.0970. The average molecular weight is 228 g/mol. The molecule has 0 aliphatic heterocycles. The predicted molar refractivity (Wildman–Crippen MR) is 67.0 cm³/mol. The number of benzene rings is 1. The minimum absolute atomic E-state index is 0.101. The molecule has 0 N–H and O–H groups in total. The monoisotopic (exact) mass is 228 g/mol. The molecule has 0 amide bonds. The van der Waals surface area contributed by atoms with Crippen molar-refractivity contribution >= 4 is 5.78 Å². The summed E-state index contributed by atoms with van der Waals surface area (Å²) in [5.74, 6) is 0.655. The smallest absolute Gasteiger partial charge is 0.198 e. The molecule has 0 saturated carbocycles. The van der Waals surface area contributed by atoms with E-state index in [1.54, 1.807) is 4.57 Å². The van der Waals surface area contributed by atoms with Crippen LogP contribution in [0.15, 0.2) is 36.5 Å². The van der Waals surface area contributed by atoms with Gasteiger partial charge in [-0.05, 0) is 18.9 Å². The Morgan fingerprint density at radius 3 is 2.59 bits per heavy atom. The highest BCUT2D eigenvalue weighted by molar-refractivity contribution is 5.93. The van der Waals surface area contributed by atoms with E-state index in [2.05, 4.69) is 4.98 Å². The lowest BCUT2D eigenvalue weighted by Gasteiger charge is -2.01. The van der Waals surface area contributed by atoms with Crippen LogP contribution in [0.4, 0.5) is 0 Å². The zero-order valence-electron chi connectivity index (χ0n) is 10.2. The average Bonchev–Trinajstić information content (AvgIpc) is 2.67. The minimum Gasteiger partial charge on any atom is -0.331 e. The number of carbonyl (C=O) groups is 1. The largest absolute Gasteiger partial charge is 0.331 e. The van der Waals surface area contributed by atoms with E-state index in [0.29, 0.717) is 12.2 Å². The molecule has 2 aromatic rings. The van der Waals surface area contributed by atoms with Crippen molar-refractivity contribution in [1.82, 2.24) is 9.55 Å². The molecule has 3 heteroatoms. The van der Waals surface area contributed by atoms with Gasteiger partial charge in [0.1, 0.15) is 0 Å². The molecule has 0 spiro atoms. The summed E-state index contributed by atoms with van der Waals surface area (Å²) < 4.78 is 1.79. The van der Waals surface area contributed by atoms with Crippen molar-refractivity contribution in [2.75, 3.05) is 0 Å². The number of hydrogen-bond donors (Lipinski definition) is 0. The number of carbonyl (C=O) groups excluding carboxylic acids is 1. The maximum absolute atomic E-state index is 12.0. The van der Waals surface area contributed by atoms with E-state index < -0.39 is 0 Å². The number of aromatic nitrogens is 2. The topological polar surface area (TPSA) is 34.9 Å². The van der Waals surface area contributed by atoms with Gasteiger partial charge in [0.2, 0.25) is 0 Å². The van der Waals surface area contributed by atoms with E-state index in [-0.39, 0.29) is 5.78 Å². The first kappa shape index (κ1) is 11.6. The van der Waals surface area contributed by atoms with Gasteiger partial charge >= 0.3 is 0 Å². The third-order valence-corrected chi connectivity index (χ3v) is 2.73. The molecule has 3 nitrogen and oxygen atoms in total. The molecule has 0 radical (unpaired) electrons. The van der Waals surface area contributed by atoms with Crippen LogP contribution in [0.2, 0.25) is 0 Å². The number of Topliss-reactive ketones (excluding diaryl/α,β-unsaturated/α-hetero) is 1. The van der Waals surface area contributed by atoms with Gasteiger partial charge in [-0.1, -0.05) is 30.3 Å². The van der Waals surface area contributed by atoms with Crippen LogP contribution in [-0.2, 0) is 13.5 Å². The number of imidazole rings is 1. The van der Waals surface area contributed by atoms with Gasteiger partial charge < -0.3 is 4.57 Å². The zero-order chi connectivity index (χ0) is 12.3. The molecule has 0 fully saturated rings. The minimum atomic E-state index is 0.101. The molecule has 17 heavy (non-hydrogen) atoms. The third-order valence-electron chi connectivity index (χ3n) is 2.73. The summed E-state index contributed by atoms with van der Waals surface area (Å²) >= 11 is 0. The van der Waals surface area contributed by atoms with Gasteiger partial charge in [-0.3, -0.25) is 4.79 Å². The highest BCUT2D eigenvalue weighted by Gasteiger charge is 2.12. The van der Waals surface area contributed by atoms with Gasteiger partial charge in [-0.25, -0.2) is 4.98 Å². The van der Waals surface area contributed by atoms with Gasteiger partial charge in [-0.15, -0.1) is 0 Å². The third kappa shape index (κ3) is 2.81. The van der Waals surface area contributed by atoms with Crippen molar-refractivity contribution in [3.8, 4) is 0 Å². The summed E-state index contributed by atoms with van der Waals surface area (Å²) in [4.78, 5) is 16.2. The Bertz CT molecular complexity index is 514. The standard InChI is InChI=1S/C14H16N2O/c1-11-10-16(2)14(15-11)13(17)9-8-12-6-4-3-5-7-12/h3-7,10H,8-9H2,1-2H3. The van der Waals surface area contributed by atoms with Gasteiger partial charge in [0.25, 0.3) is 0 Å². The Balaban J connectivity index is 2.01. The van der Waals surface area contributed by atoms with Gasteiger partial charge in [0.05, 0.1) is 5.69 Å². The van der Waals surface area contributed by atoms with Gasteiger partial charge in [0, 0.05) is 19.7 Å². The predicted octanol–water partition coefficient (Wildman–Crippen LogP) is 2.54. The number of nitrogens with zero attached hydrogens (tertiary/aromatic N) is 2. The van der Waals surface area contributed by atoms with Crippen LogP contribution in [0.5, 0.6) is 0 Å². The molecule has 0 bridgehead atoms. The summed E-state index contributed by atoms with van der Waals surface area (Å²) in [7, 11) is 1.86. The Hall–Kier alpha value is -1.90. The first-order valence-corrected chi connectivity index (χ1v) is 5.74. The van der Waals surface area contributed by atoms with Crippen molar-refractivity contribution in [1.29, 1.82) is 0 Å². The lowest BCUT2D eigenvalue weighted by atomic mass is 10.1. The maximum Gasteiger partial charge on any atom is 0.198 e. The molecule has 0 unspecified atom stereocenters. The molecule has 0 saturated heterocycles. The lowest BCUT2D eigenvalue weighted by Crippen LogP contribution is -2.08. The molecule has 1 heterocycles. The van der Waals surface area contributed by atoms with E-state index in [4.69, 9.17) is 0 Å². The Morgan fingerprint density at radius 2 is 2.00 bits per heavy atom. The van der Waals surface area contributed by atoms with Crippen LogP contribution in [0.25, 0.3) is 0 Å². The van der Waals surface area contributed by atoms with Crippen molar-refractivity contribution in [3.05, 3.63) is 53.6 Å². The van der Waals surface area contributed by atoms with E-state index in [1.807, 2.05) is 50.5 Å². The Morgan fingerprint density at radius 1 is 1.29 bits per heavy atom. The van der Waals surface area contributed by atoms with Crippen molar-refractivity contribution < 1.29 is 4.79 Å². The number of aryl methyl sites for hydroxylation is 3. The van der Waals surface area contributed by atoms with Crippen LogP contribution in [0.3, 0.4) is 0 Å².